The molecule has 0 saturated heterocycles. The summed E-state index contributed by atoms with van der Waals surface area (Å²) in [4.78, 5) is 37.6. The van der Waals surface area contributed by atoms with E-state index >= 15 is 0 Å². The fourth-order valence-corrected chi connectivity index (χ4v) is 3.82. The summed E-state index contributed by atoms with van der Waals surface area (Å²) in [6, 6.07) is 15.0. The molecule has 172 valence electrons. The first-order valence-electron chi connectivity index (χ1n) is 10.5. The van der Waals surface area contributed by atoms with Crippen molar-refractivity contribution in [3.63, 3.8) is 0 Å². The molecule has 34 heavy (non-hydrogen) atoms. The van der Waals surface area contributed by atoms with E-state index in [2.05, 4.69) is 0 Å². The van der Waals surface area contributed by atoms with Gasteiger partial charge in [0.15, 0.2) is 29.7 Å². The summed E-state index contributed by atoms with van der Waals surface area (Å²) in [7, 11) is 1.43. The summed E-state index contributed by atoms with van der Waals surface area (Å²) in [5, 5.41) is 0.652. The number of fused-ring (bicyclic) bond motifs is 1. The standard InChI is InChI=1S/C27H21ClO6/c1-15-10-18(11-16(2)25(15)28)33-14-24(29)34-22-9-8-17(13-23(22)32-3)12-21-26(30)19-6-4-5-7-20(19)27(21)31/h4-13H,14H2,1-3H3. The molecule has 0 spiro atoms. The Balaban J connectivity index is 1.48. The van der Waals surface area contributed by atoms with Gasteiger partial charge in [0.05, 0.1) is 12.7 Å². The van der Waals surface area contributed by atoms with E-state index in [1.807, 2.05) is 13.8 Å². The number of benzene rings is 3. The minimum Gasteiger partial charge on any atom is -0.493 e. The minimum absolute atomic E-state index is 0.0787. The number of esters is 1. The quantitative estimate of drug-likeness (QED) is 0.205. The van der Waals surface area contributed by atoms with Gasteiger partial charge in [-0.25, -0.2) is 4.79 Å². The Kier molecular flexibility index (Phi) is 6.52. The molecule has 3 aromatic carbocycles. The molecule has 1 aliphatic rings. The van der Waals surface area contributed by atoms with Crippen LogP contribution in [0.5, 0.6) is 17.2 Å². The second-order valence-corrected chi connectivity index (χ2v) is 8.18. The van der Waals surface area contributed by atoms with Crippen LogP contribution < -0.4 is 14.2 Å². The molecule has 3 aromatic rings. The van der Waals surface area contributed by atoms with Crippen molar-refractivity contribution in [1.82, 2.24) is 0 Å². The summed E-state index contributed by atoms with van der Waals surface area (Å²) >= 11 is 6.16. The predicted octanol–water partition coefficient (Wildman–Crippen LogP) is 5.41. The highest BCUT2D eigenvalue weighted by molar-refractivity contribution is 6.41. The highest BCUT2D eigenvalue weighted by atomic mass is 35.5. The molecule has 7 heteroatoms. The van der Waals surface area contributed by atoms with Gasteiger partial charge in [0, 0.05) is 16.1 Å². The van der Waals surface area contributed by atoms with Crippen LogP contribution in [-0.4, -0.2) is 31.3 Å². The lowest BCUT2D eigenvalue weighted by molar-refractivity contribution is -0.136. The number of methoxy groups -OCH3 is 1. The number of ether oxygens (including phenoxy) is 3. The van der Waals surface area contributed by atoms with Crippen molar-refractivity contribution in [2.45, 2.75) is 13.8 Å². The highest BCUT2D eigenvalue weighted by Gasteiger charge is 2.32. The normalized spacial score (nSPS) is 12.4. The number of allylic oxidation sites excluding steroid dienone is 1. The maximum atomic E-state index is 12.6. The van der Waals surface area contributed by atoms with E-state index in [1.54, 1.807) is 48.5 Å². The zero-order chi connectivity index (χ0) is 24.4. The maximum absolute atomic E-state index is 12.6. The topological polar surface area (TPSA) is 78.9 Å². The predicted molar refractivity (Wildman–Crippen MR) is 128 cm³/mol. The average molecular weight is 477 g/mol. The molecule has 0 heterocycles. The number of carbonyl (C=O) groups excluding carboxylic acids is 3. The van der Waals surface area contributed by atoms with Crippen LogP contribution in [0.2, 0.25) is 5.02 Å². The average Bonchev–Trinajstić information content (AvgIpc) is 3.07. The van der Waals surface area contributed by atoms with Crippen LogP contribution in [0.1, 0.15) is 37.4 Å². The van der Waals surface area contributed by atoms with Crippen LogP contribution >= 0.6 is 11.6 Å². The van der Waals surface area contributed by atoms with Gasteiger partial charge in [-0.05, 0) is 60.9 Å². The Morgan fingerprint density at radius 2 is 1.53 bits per heavy atom. The lowest BCUT2D eigenvalue weighted by Crippen LogP contribution is -2.18. The number of hydrogen-bond acceptors (Lipinski definition) is 6. The van der Waals surface area contributed by atoms with Crippen molar-refractivity contribution < 1.29 is 28.6 Å². The number of rotatable bonds is 6. The summed E-state index contributed by atoms with van der Waals surface area (Å²) in [6.07, 6.45) is 1.51. The molecule has 0 aromatic heterocycles. The monoisotopic (exact) mass is 476 g/mol. The molecule has 0 N–H and O–H groups in total. The van der Waals surface area contributed by atoms with Gasteiger partial charge in [0.1, 0.15) is 5.75 Å². The van der Waals surface area contributed by atoms with Crippen LogP contribution in [0.4, 0.5) is 0 Å². The highest BCUT2D eigenvalue weighted by Crippen LogP contribution is 2.32. The van der Waals surface area contributed by atoms with Gasteiger partial charge >= 0.3 is 5.97 Å². The molecule has 1 aliphatic carbocycles. The number of halogens is 1. The second kappa shape index (κ2) is 9.53. The van der Waals surface area contributed by atoms with Gasteiger partial charge in [-0.15, -0.1) is 0 Å². The summed E-state index contributed by atoms with van der Waals surface area (Å²) in [6.45, 7) is 3.40. The summed E-state index contributed by atoms with van der Waals surface area (Å²) in [5.74, 6) is -0.284. The third-order valence-corrected chi connectivity index (χ3v) is 5.99. The first-order valence-corrected chi connectivity index (χ1v) is 10.8. The number of ketones is 2. The maximum Gasteiger partial charge on any atom is 0.349 e. The van der Waals surface area contributed by atoms with Gasteiger partial charge in [-0.1, -0.05) is 41.9 Å². The van der Waals surface area contributed by atoms with Gasteiger partial charge in [-0.2, -0.15) is 0 Å². The van der Waals surface area contributed by atoms with E-state index in [0.717, 1.165) is 11.1 Å². The number of carbonyl (C=O) groups is 3. The van der Waals surface area contributed by atoms with Crippen molar-refractivity contribution in [2.75, 3.05) is 13.7 Å². The molecule has 0 atom stereocenters. The molecule has 0 fully saturated rings. The first-order chi connectivity index (χ1) is 16.3. The summed E-state index contributed by atoms with van der Waals surface area (Å²) < 4.78 is 16.3. The lowest BCUT2D eigenvalue weighted by atomic mass is 10.1. The SMILES string of the molecule is COc1cc(C=C2C(=O)c3ccccc3C2=O)ccc1OC(=O)COc1cc(C)c(Cl)c(C)c1. The third-order valence-electron chi connectivity index (χ3n) is 5.39. The van der Waals surface area contributed by atoms with Crippen molar-refractivity contribution in [3.05, 3.63) is 93.0 Å². The number of aryl methyl sites for hydroxylation is 2. The van der Waals surface area contributed by atoms with Crippen LogP contribution in [0, 0.1) is 13.8 Å². The van der Waals surface area contributed by atoms with Crippen molar-refractivity contribution in [2.24, 2.45) is 0 Å². The molecular formula is C27H21ClO6. The second-order valence-electron chi connectivity index (χ2n) is 7.81. The minimum atomic E-state index is -0.619. The van der Waals surface area contributed by atoms with Crippen LogP contribution in [-0.2, 0) is 4.79 Å². The van der Waals surface area contributed by atoms with Crippen LogP contribution in [0.15, 0.2) is 60.2 Å². The Bertz CT molecular complexity index is 1290. The van der Waals surface area contributed by atoms with E-state index in [-0.39, 0.29) is 35.2 Å². The smallest absolute Gasteiger partial charge is 0.349 e. The van der Waals surface area contributed by atoms with E-state index in [0.29, 0.717) is 27.5 Å². The van der Waals surface area contributed by atoms with Crippen molar-refractivity contribution >= 4 is 35.2 Å². The van der Waals surface area contributed by atoms with E-state index in [9.17, 15) is 14.4 Å². The molecule has 0 radical (unpaired) electrons. The molecule has 6 nitrogen and oxygen atoms in total. The molecular weight excluding hydrogens is 456 g/mol. The first kappa shape index (κ1) is 23.3. The summed E-state index contributed by atoms with van der Waals surface area (Å²) in [5.41, 5.74) is 3.11. The number of hydrogen-bond donors (Lipinski definition) is 0. The van der Waals surface area contributed by atoms with Gasteiger partial charge < -0.3 is 14.2 Å². The van der Waals surface area contributed by atoms with Crippen molar-refractivity contribution in [1.29, 1.82) is 0 Å². The molecule has 0 amide bonds. The molecule has 0 aliphatic heterocycles. The zero-order valence-corrected chi connectivity index (χ0v) is 19.6. The van der Waals surface area contributed by atoms with E-state index < -0.39 is 5.97 Å². The van der Waals surface area contributed by atoms with E-state index in [1.165, 1.54) is 19.3 Å². The fraction of sp³-hybridized carbons (Fsp3) is 0.148. The molecule has 4 rings (SSSR count). The van der Waals surface area contributed by atoms with Gasteiger partial charge in [-0.3, -0.25) is 9.59 Å². The van der Waals surface area contributed by atoms with E-state index in [4.69, 9.17) is 25.8 Å². The molecule has 0 unspecified atom stereocenters. The Hall–Kier alpha value is -3.90. The van der Waals surface area contributed by atoms with Crippen LogP contribution in [0.3, 0.4) is 0 Å². The Morgan fingerprint density at radius 3 is 2.12 bits per heavy atom. The van der Waals surface area contributed by atoms with Gasteiger partial charge in [0.25, 0.3) is 0 Å². The van der Waals surface area contributed by atoms with Crippen LogP contribution in [0.25, 0.3) is 6.08 Å². The van der Waals surface area contributed by atoms with Gasteiger partial charge in [0.2, 0.25) is 0 Å². The van der Waals surface area contributed by atoms with Crippen molar-refractivity contribution in [3.8, 4) is 17.2 Å². The lowest BCUT2D eigenvalue weighted by Gasteiger charge is -2.12. The zero-order valence-electron chi connectivity index (χ0n) is 18.8. The largest absolute Gasteiger partial charge is 0.493 e. The molecule has 0 saturated carbocycles. The Labute approximate surface area is 201 Å². The third kappa shape index (κ3) is 4.58. The molecule has 0 bridgehead atoms. The Morgan fingerprint density at radius 1 is 0.912 bits per heavy atom. The number of Topliss-reactive ketones (excluding diaryl/α,β-unsaturated/α-hetero) is 2. The fourth-order valence-electron chi connectivity index (χ4n) is 3.71.